The average Bonchev–Trinajstić information content (AvgIpc) is 2.50. The zero-order chi connectivity index (χ0) is 10.1. The van der Waals surface area contributed by atoms with Crippen molar-refractivity contribution in [3.05, 3.63) is 34.1 Å². The molecule has 0 bridgehead atoms. The van der Waals surface area contributed by atoms with E-state index >= 15 is 0 Å². The van der Waals surface area contributed by atoms with Gasteiger partial charge in [0.15, 0.2) is 0 Å². The Morgan fingerprint density at radius 1 is 1.50 bits per heavy atom. The van der Waals surface area contributed by atoms with Gasteiger partial charge in [-0.15, -0.1) is 11.8 Å². The van der Waals surface area contributed by atoms with Gasteiger partial charge in [-0.05, 0) is 30.7 Å². The van der Waals surface area contributed by atoms with Crippen LogP contribution in [0.2, 0.25) is 0 Å². The predicted molar refractivity (Wildman–Crippen MR) is 61.9 cm³/mol. The van der Waals surface area contributed by atoms with Gasteiger partial charge in [0.25, 0.3) is 0 Å². The molecule has 1 heterocycles. The first kappa shape index (κ1) is 10.5. The van der Waals surface area contributed by atoms with E-state index in [9.17, 15) is 4.39 Å². The highest BCUT2D eigenvalue weighted by molar-refractivity contribution is 9.10. The van der Waals surface area contributed by atoms with Gasteiger partial charge in [0.1, 0.15) is 5.82 Å². The summed E-state index contributed by atoms with van der Waals surface area (Å²) in [4.78, 5) is 0. The normalized spacial score (nSPS) is 26.8. The van der Waals surface area contributed by atoms with Gasteiger partial charge in [0, 0.05) is 16.3 Å². The molecule has 14 heavy (non-hydrogen) atoms. The van der Waals surface area contributed by atoms with Crippen molar-refractivity contribution in [2.24, 2.45) is 0 Å². The first-order valence-corrected chi connectivity index (χ1v) is 6.33. The third-order valence-electron chi connectivity index (χ3n) is 2.14. The van der Waals surface area contributed by atoms with E-state index in [1.165, 1.54) is 6.07 Å². The third-order valence-corrected chi connectivity index (χ3v) is 4.03. The van der Waals surface area contributed by atoms with Crippen LogP contribution in [0, 0.1) is 5.82 Å². The Hall–Kier alpha value is -0.0600. The molecule has 0 aromatic heterocycles. The number of halogens is 2. The molecule has 0 aliphatic carbocycles. The van der Waals surface area contributed by atoms with Crippen molar-refractivity contribution in [2.75, 3.05) is 5.75 Å². The smallest absolute Gasteiger partial charge is 0.124 e. The van der Waals surface area contributed by atoms with Gasteiger partial charge in [-0.1, -0.05) is 15.9 Å². The summed E-state index contributed by atoms with van der Waals surface area (Å²) >= 11 is 5.12. The number of rotatable bonds is 1. The fourth-order valence-electron chi connectivity index (χ4n) is 1.51. The molecule has 1 aromatic carbocycles. The Morgan fingerprint density at radius 2 is 2.29 bits per heavy atom. The number of hydrogen-bond donors (Lipinski definition) is 1. The lowest BCUT2D eigenvalue weighted by Crippen LogP contribution is -2.21. The molecule has 1 aromatic rings. The number of thioether (sulfide) groups is 1. The van der Waals surface area contributed by atoms with Gasteiger partial charge in [-0.25, -0.2) is 4.39 Å². The minimum Gasteiger partial charge on any atom is -0.298 e. The Bertz CT molecular complexity index is 325. The van der Waals surface area contributed by atoms with Crippen molar-refractivity contribution in [3.8, 4) is 0 Å². The number of nitrogens with one attached hydrogen (secondary N) is 1. The molecule has 2 rings (SSSR count). The summed E-state index contributed by atoms with van der Waals surface area (Å²) in [5.41, 5.74) is 1.01. The molecule has 1 nitrogen and oxygen atoms in total. The fraction of sp³-hybridized carbons (Fsp3) is 0.400. The molecule has 76 valence electrons. The number of benzene rings is 1. The van der Waals surface area contributed by atoms with E-state index in [1.54, 1.807) is 6.07 Å². The van der Waals surface area contributed by atoms with Crippen LogP contribution in [-0.2, 0) is 0 Å². The van der Waals surface area contributed by atoms with Crippen molar-refractivity contribution >= 4 is 27.7 Å². The summed E-state index contributed by atoms with van der Waals surface area (Å²) < 4.78 is 13.9. The van der Waals surface area contributed by atoms with E-state index in [1.807, 2.05) is 17.8 Å². The zero-order valence-electron chi connectivity index (χ0n) is 7.76. The summed E-state index contributed by atoms with van der Waals surface area (Å²) in [5.74, 6) is 0.898. The fourth-order valence-corrected chi connectivity index (χ4v) is 3.23. The summed E-state index contributed by atoms with van der Waals surface area (Å²) in [6.45, 7) is 2.14. The lowest BCUT2D eigenvalue weighted by atomic mass is 10.2. The van der Waals surface area contributed by atoms with Crippen LogP contribution in [0.25, 0.3) is 0 Å². The molecule has 0 radical (unpaired) electrons. The van der Waals surface area contributed by atoms with E-state index in [0.717, 1.165) is 15.8 Å². The zero-order valence-corrected chi connectivity index (χ0v) is 10.2. The lowest BCUT2D eigenvalue weighted by Gasteiger charge is -2.11. The molecule has 1 saturated heterocycles. The van der Waals surface area contributed by atoms with E-state index < -0.39 is 0 Å². The second-order valence-electron chi connectivity index (χ2n) is 3.48. The molecule has 1 N–H and O–H groups in total. The van der Waals surface area contributed by atoms with E-state index in [-0.39, 0.29) is 11.2 Å². The van der Waals surface area contributed by atoms with Crippen molar-refractivity contribution in [1.29, 1.82) is 0 Å². The summed E-state index contributed by atoms with van der Waals surface area (Å²) in [6, 6.07) is 5.54. The molecule has 0 saturated carbocycles. The molecule has 0 amide bonds. The second-order valence-corrected chi connectivity index (χ2v) is 5.54. The summed E-state index contributed by atoms with van der Waals surface area (Å²) in [5, 5.41) is 3.63. The molecule has 1 fully saturated rings. The molecule has 1 aliphatic rings. The maximum Gasteiger partial charge on any atom is 0.124 e. The SMILES string of the molecule is CC1CSC(c2cc(F)cc(Br)c2)N1. The highest BCUT2D eigenvalue weighted by atomic mass is 79.9. The maximum absolute atomic E-state index is 13.1. The Balaban J connectivity index is 2.23. The molecule has 1 aliphatic heterocycles. The first-order chi connectivity index (χ1) is 6.65. The Morgan fingerprint density at radius 3 is 2.86 bits per heavy atom. The molecular formula is C10H11BrFNS. The monoisotopic (exact) mass is 275 g/mol. The number of hydrogen-bond acceptors (Lipinski definition) is 2. The van der Waals surface area contributed by atoms with Gasteiger partial charge in [0.2, 0.25) is 0 Å². The van der Waals surface area contributed by atoms with Crippen molar-refractivity contribution < 1.29 is 4.39 Å². The quantitative estimate of drug-likeness (QED) is 0.844. The standard InChI is InChI=1S/C10H11BrFNS/c1-6-5-14-10(13-6)7-2-8(11)4-9(12)3-7/h2-4,6,10,13H,5H2,1H3. The molecule has 2 unspecified atom stereocenters. The van der Waals surface area contributed by atoms with Crippen LogP contribution in [0.1, 0.15) is 17.9 Å². The Labute approximate surface area is 95.6 Å². The first-order valence-electron chi connectivity index (χ1n) is 4.49. The van der Waals surface area contributed by atoms with Crippen LogP contribution in [0.3, 0.4) is 0 Å². The van der Waals surface area contributed by atoms with Crippen molar-refractivity contribution in [1.82, 2.24) is 5.32 Å². The molecule has 2 atom stereocenters. The minimum atomic E-state index is -0.184. The van der Waals surface area contributed by atoms with Gasteiger partial charge in [-0.3, -0.25) is 5.32 Å². The van der Waals surface area contributed by atoms with Gasteiger partial charge < -0.3 is 0 Å². The van der Waals surface area contributed by atoms with Crippen LogP contribution in [0.15, 0.2) is 22.7 Å². The second kappa shape index (κ2) is 4.21. The van der Waals surface area contributed by atoms with E-state index in [2.05, 4.69) is 28.2 Å². The molecule has 4 heteroatoms. The topological polar surface area (TPSA) is 12.0 Å². The van der Waals surface area contributed by atoms with Crippen LogP contribution < -0.4 is 5.32 Å². The Kier molecular flexibility index (Phi) is 3.14. The van der Waals surface area contributed by atoms with Gasteiger partial charge in [-0.2, -0.15) is 0 Å². The molecule has 0 spiro atoms. The van der Waals surface area contributed by atoms with Gasteiger partial charge in [0.05, 0.1) is 5.37 Å². The molecular weight excluding hydrogens is 265 g/mol. The predicted octanol–water partition coefficient (Wildman–Crippen LogP) is 3.31. The largest absolute Gasteiger partial charge is 0.298 e. The van der Waals surface area contributed by atoms with E-state index in [4.69, 9.17) is 0 Å². The van der Waals surface area contributed by atoms with Gasteiger partial charge >= 0.3 is 0 Å². The summed E-state index contributed by atoms with van der Waals surface area (Å²) in [6.07, 6.45) is 0. The lowest BCUT2D eigenvalue weighted by molar-refractivity contribution is 0.602. The van der Waals surface area contributed by atoms with Crippen molar-refractivity contribution in [2.45, 2.75) is 18.3 Å². The van der Waals surface area contributed by atoms with Crippen LogP contribution in [0.5, 0.6) is 0 Å². The third kappa shape index (κ3) is 2.30. The van der Waals surface area contributed by atoms with Crippen molar-refractivity contribution in [3.63, 3.8) is 0 Å². The average molecular weight is 276 g/mol. The maximum atomic E-state index is 13.1. The van der Waals surface area contributed by atoms with Crippen LogP contribution >= 0.6 is 27.7 Å². The van der Waals surface area contributed by atoms with E-state index in [0.29, 0.717) is 6.04 Å². The highest BCUT2D eigenvalue weighted by Gasteiger charge is 2.22. The summed E-state index contributed by atoms with van der Waals surface area (Å²) in [7, 11) is 0. The highest BCUT2D eigenvalue weighted by Crippen LogP contribution is 2.33. The van der Waals surface area contributed by atoms with Crippen LogP contribution in [-0.4, -0.2) is 11.8 Å². The minimum absolute atomic E-state index is 0.184. The van der Waals surface area contributed by atoms with Crippen LogP contribution in [0.4, 0.5) is 4.39 Å².